The molecular formula is C23H36N8O5S. The Labute approximate surface area is 219 Å². The first-order chi connectivity index (χ1) is 17.6. The molecule has 4 atom stereocenters. The zero-order chi connectivity index (χ0) is 27.4. The Hall–Kier alpha value is -3.39. The van der Waals surface area contributed by atoms with Gasteiger partial charge in [-0.05, 0) is 30.8 Å². The van der Waals surface area contributed by atoms with E-state index in [1.165, 1.54) is 36.8 Å². The summed E-state index contributed by atoms with van der Waals surface area (Å²) in [6, 6.07) is -4.08. The lowest BCUT2D eigenvalue weighted by Crippen LogP contribution is -2.58. The maximum Gasteiger partial charge on any atom is 0.326 e. The molecule has 0 radical (unpaired) electrons. The standard InChI is InChI=1S/C23H36N8O5S/c1-13(2)6-16(24)20(32)30-18(7-14-9-25-11-27-14)22(34)29-17(4-5-37-3)21(33)31-19(23(35)36)8-15-10-26-12-28-15/h9-13,16-19H,4-8,24H2,1-3H3,(H,25,27)(H,26,28)(H,29,34)(H,30,32)(H,31,33)(H,35,36). The molecule has 3 amide bonds. The molecule has 0 aliphatic rings. The molecule has 2 rings (SSSR count). The van der Waals surface area contributed by atoms with E-state index in [2.05, 4.69) is 35.9 Å². The van der Waals surface area contributed by atoms with Gasteiger partial charge in [0.15, 0.2) is 0 Å². The molecule has 2 aromatic heterocycles. The van der Waals surface area contributed by atoms with Crippen LogP contribution in [0.15, 0.2) is 25.0 Å². The van der Waals surface area contributed by atoms with E-state index in [0.717, 1.165) is 0 Å². The van der Waals surface area contributed by atoms with Crippen molar-refractivity contribution in [3.8, 4) is 0 Å². The fourth-order valence-electron chi connectivity index (χ4n) is 3.58. The third-order valence-corrected chi connectivity index (χ3v) is 6.16. The first-order valence-corrected chi connectivity index (χ1v) is 13.3. The first kappa shape index (κ1) is 29.8. The number of H-pyrrole nitrogens is 2. The normalized spacial score (nSPS) is 14.4. The number of aromatic nitrogens is 4. The molecular weight excluding hydrogens is 500 g/mol. The molecule has 2 heterocycles. The lowest BCUT2D eigenvalue weighted by atomic mass is 10.0. The van der Waals surface area contributed by atoms with Gasteiger partial charge in [-0.2, -0.15) is 11.8 Å². The number of thioether (sulfide) groups is 1. The molecule has 0 aliphatic heterocycles. The number of hydrogen-bond donors (Lipinski definition) is 7. The number of carboxylic acid groups (broad SMARTS) is 1. The van der Waals surface area contributed by atoms with Crippen molar-refractivity contribution >= 4 is 35.5 Å². The van der Waals surface area contributed by atoms with Crippen molar-refractivity contribution < 1.29 is 24.3 Å². The molecule has 2 aromatic rings. The summed E-state index contributed by atoms with van der Waals surface area (Å²) in [5.41, 5.74) is 7.14. The lowest BCUT2D eigenvalue weighted by Gasteiger charge is -2.25. The minimum Gasteiger partial charge on any atom is -0.480 e. The highest BCUT2D eigenvalue weighted by atomic mass is 32.2. The van der Waals surface area contributed by atoms with Crippen molar-refractivity contribution in [2.75, 3.05) is 12.0 Å². The maximum absolute atomic E-state index is 13.3. The van der Waals surface area contributed by atoms with Crippen LogP contribution < -0.4 is 21.7 Å². The molecule has 0 bridgehead atoms. The van der Waals surface area contributed by atoms with Crippen molar-refractivity contribution in [2.24, 2.45) is 11.7 Å². The van der Waals surface area contributed by atoms with E-state index in [0.29, 0.717) is 23.6 Å². The van der Waals surface area contributed by atoms with E-state index < -0.39 is 47.9 Å². The van der Waals surface area contributed by atoms with Crippen LogP contribution in [0.3, 0.4) is 0 Å². The molecule has 4 unspecified atom stereocenters. The van der Waals surface area contributed by atoms with Crippen LogP contribution in [0.1, 0.15) is 38.1 Å². The maximum atomic E-state index is 13.3. The number of aliphatic carboxylic acids is 1. The number of nitrogens with one attached hydrogen (secondary N) is 5. The summed E-state index contributed by atoms with van der Waals surface area (Å²) in [4.78, 5) is 64.3. The van der Waals surface area contributed by atoms with Gasteiger partial charge in [-0.3, -0.25) is 14.4 Å². The Kier molecular flexibility index (Phi) is 12.1. The van der Waals surface area contributed by atoms with Gasteiger partial charge in [-0.1, -0.05) is 13.8 Å². The second-order valence-corrected chi connectivity index (χ2v) is 10.1. The summed E-state index contributed by atoms with van der Waals surface area (Å²) in [6.45, 7) is 3.88. The number of nitrogens with zero attached hydrogens (tertiary/aromatic N) is 2. The van der Waals surface area contributed by atoms with Crippen LogP contribution in [0, 0.1) is 5.92 Å². The first-order valence-electron chi connectivity index (χ1n) is 11.9. The van der Waals surface area contributed by atoms with Crippen LogP contribution in [0.25, 0.3) is 0 Å². The minimum absolute atomic E-state index is 0.00346. The number of hydrogen-bond acceptors (Lipinski definition) is 8. The quantitative estimate of drug-likeness (QED) is 0.148. The topological polar surface area (TPSA) is 208 Å². The second-order valence-electron chi connectivity index (χ2n) is 9.10. The van der Waals surface area contributed by atoms with Gasteiger partial charge in [0.25, 0.3) is 0 Å². The highest BCUT2D eigenvalue weighted by Crippen LogP contribution is 2.08. The highest BCUT2D eigenvalue weighted by molar-refractivity contribution is 7.98. The number of carboxylic acids is 1. The highest BCUT2D eigenvalue weighted by Gasteiger charge is 2.31. The van der Waals surface area contributed by atoms with Crippen LogP contribution in [0.4, 0.5) is 0 Å². The van der Waals surface area contributed by atoms with Crippen molar-refractivity contribution in [1.82, 2.24) is 35.9 Å². The van der Waals surface area contributed by atoms with Crippen molar-refractivity contribution in [1.29, 1.82) is 0 Å². The monoisotopic (exact) mass is 536 g/mol. The predicted octanol–water partition coefficient (Wildman–Crippen LogP) is -0.416. The SMILES string of the molecule is CSCCC(NC(=O)C(Cc1cnc[nH]1)NC(=O)C(N)CC(C)C)C(=O)NC(Cc1cnc[nH]1)C(=O)O. The van der Waals surface area contributed by atoms with E-state index in [1.807, 2.05) is 20.1 Å². The molecule has 0 aromatic carbocycles. The average molecular weight is 537 g/mol. The smallest absolute Gasteiger partial charge is 0.326 e. The van der Waals surface area contributed by atoms with Crippen molar-refractivity contribution in [2.45, 2.75) is 63.7 Å². The fraction of sp³-hybridized carbons (Fsp3) is 0.565. The lowest BCUT2D eigenvalue weighted by molar-refractivity contribution is -0.142. The Morgan fingerprint density at radius 2 is 1.43 bits per heavy atom. The number of carbonyl (C=O) groups excluding carboxylic acids is 3. The summed E-state index contributed by atoms with van der Waals surface area (Å²) in [5.74, 6) is -2.22. The Morgan fingerprint density at radius 3 is 1.92 bits per heavy atom. The molecule has 204 valence electrons. The number of carbonyl (C=O) groups is 4. The number of aromatic amines is 2. The fourth-order valence-corrected chi connectivity index (χ4v) is 4.06. The van der Waals surface area contributed by atoms with Gasteiger partial charge in [-0.25, -0.2) is 14.8 Å². The minimum atomic E-state index is -1.23. The Morgan fingerprint density at radius 1 is 0.919 bits per heavy atom. The molecule has 0 fully saturated rings. The van der Waals surface area contributed by atoms with Gasteiger partial charge >= 0.3 is 5.97 Å². The number of rotatable bonds is 16. The predicted molar refractivity (Wildman–Crippen MR) is 138 cm³/mol. The van der Waals surface area contributed by atoms with Gasteiger partial charge in [0, 0.05) is 36.6 Å². The van der Waals surface area contributed by atoms with Crippen LogP contribution >= 0.6 is 11.8 Å². The molecule has 0 saturated carbocycles. The van der Waals surface area contributed by atoms with E-state index in [-0.39, 0.29) is 25.2 Å². The summed E-state index contributed by atoms with van der Waals surface area (Å²) >= 11 is 1.48. The van der Waals surface area contributed by atoms with E-state index >= 15 is 0 Å². The summed E-state index contributed by atoms with van der Waals surface area (Å²) in [6.07, 6.45) is 8.52. The van der Waals surface area contributed by atoms with Gasteiger partial charge in [-0.15, -0.1) is 0 Å². The molecule has 13 nitrogen and oxygen atoms in total. The zero-order valence-electron chi connectivity index (χ0n) is 21.2. The van der Waals surface area contributed by atoms with Gasteiger partial charge < -0.3 is 36.8 Å². The third-order valence-electron chi connectivity index (χ3n) is 5.51. The van der Waals surface area contributed by atoms with Gasteiger partial charge in [0.1, 0.15) is 18.1 Å². The largest absolute Gasteiger partial charge is 0.480 e. The van der Waals surface area contributed by atoms with Crippen LogP contribution in [0.2, 0.25) is 0 Å². The van der Waals surface area contributed by atoms with Crippen LogP contribution in [-0.2, 0) is 32.0 Å². The summed E-state index contributed by atoms with van der Waals surface area (Å²) in [5, 5.41) is 17.5. The molecule has 0 aliphatic carbocycles. The van der Waals surface area contributed by atoms with E-state index in [1.54, 1.807) is 0 Å². The van der Waals surface area contributed by atoms with Crippen molar-refractivity contribution in [3.63, 3.8) is 0 Å². The molecule has 8 N–H and O–H groups in total. The van der Waals surface area contributed by atoms with Crippen LogP contribution in [0.5, 0.6) is 0 Å². The Balaban J connectivity index is 2.15. The van der Waals surface area contributed by atoms with Gasteiger partial charge in [0.2, 0.25) is 17.7 Å². The van der Waals surface area contributed by atoms with Crippen molar-refractivity contribution in [3.05, 3.63) is 36.4 Å². The molecule has 0 saturated heterocycles. The van der Waals surface area contributed by atoms with E-state index in [9.17, 15) is 24.3 Å². The average Bonchev–Trinajstić information content (AvgIpc) is 3.54. The molecule has 0 spiro atoms. The second kappa shape index (κ2) is 15.0. The number of imidazole rings is 2. The number of nitrogens with two attached hydrogens (primary N) is 1. The molecule has 14 heteroatoms. The van der Waals surface area contributed by atoms with Gasteiger partial charge in [0.05, 0.1) is 18.7 Å². The van der Waals surface area contributed by atoms with E-state index in [4.69, 9.17) is 5.73 Å². The Bertz CT molecular complexity index is 999. The molecule has 37 heavy (non-hydrogen) atoms. The van der Waals surface area contributed by atoms with Crippen LogP contribution in [-0.4, -0.2) is 84.9 Å². The zero-order valence-corrected chi connectivity index (χ0v) is 22.0. The summed E-state index contributed by atoms with van der Waals surface area (Å²) < 4.78 is 0. The number of amides is 3. The third kappa shape index (κ3) is 10.2. The summed E-state index contributed by atoms with van der Waals surface area (Å²) in [7, 11) is 0.